The summed E-state index contributed by atoms with van der Waals surface area (Å²) in [5, 5.41) is 15.0. The normalized spacial score (nSPS) is 14.6. The molecular formula is C17H15F4N5S. The van der Waals surface area contributed by atoms with Crippen molar-refractivity contribution < 1.29 is 17.6 Å². The first-order valence-corrected chi connectivity index (χ1v) is 9.33. The molecule has 0 unspecified atom stereocenters. The molecule has 2 aromatic rings. The van der Waals surface area contributed by atoms with Crippen LogP contribution in [-0.4, -0.2) is 21.2 Å². The van der Waals surface area contributed by atoms with Gasteiger partial charge in [-0.15, -0.1) is 0 Å². The molecule has 3 rings (SSSR count). The molecule has 0 aliphatic heterocycles. The van der Waals surface area contributed by atoms with Crippen LogP contribution in [0.25, 0.3) is 5.69 Å². The van der Waals surface area contributed by atoms with Gasteiger partial charge in [0.05, 0.1) is 5.69 Å². The van der Waals surface area contributed by atoms with Gasteiger partial charge in [-0.1, -0.05) is 11.8 Å². The molecule has 0 saturated heterocycles. The average molecular weight is 397 g/mol. The second-order valence-corrected chi connectivity index (χ2v) is 6.68. The lowest BCUT2D eigenvalue weighted by molar-refractivity contribution is -0.142. The van der Waals surface area contributed by atoms with Gasteiger partial charge >= 0.3 is 6.18 Å². The SMILES string of the molecule is CSC(=Nc1ccc(-n2nc(C(F)(F)F)c3c2CCCC3)c(F)c1)NC#N. The third kappa shape index (κ3) is 3.93. The summed E-state index contributed by atoms with van der Waals surface area (Å²) < 4.78 is 55.6. The molecule has 27 heavy (non-hydrogen) atoms. The fourth-order valence-electron chi connectivity index (χ4n) is 3.05. The van der Waals surface area contributed by atoms with Gasteiger partial charge in [0, 0.05) is 17.3 Å². The van der Waals surface area contributed by atoms with Crippen molar-refractivity contribution >= 4 is 22.6 Å². The topological polar surface area (TPSA) is 66.0 Å². The third-order valence-corrected chi connectivity index (χ3v) is 4.78. The van der Waals surface area contributed by atoms with E-state index in [1.165, 1.54) is 23.9 Å². The number of aliphatic imine (C=N–C) groups is 1. The van der Waals surface area contributed by atoms with Gasteiger partial charge in [0.1, 0.15) is 5.69 Å². The van der Waals surface area contributed by atoms with Crippen LogP contribution in [0.5, 0.6) is 0 Å². The molecule has 142 valence electrons. The minimum atomic E-state index is -4.58. The van der Waals surface area contributed by atoms with E-state index in [1.807, 2.05) is 0 Å². The molecule has 0 amide bonds. The molecular weight excluding hydrogens is 382 g/mol. The minimum absolute atomic E-state index is 0.0541. The van der Waals surface area contributed by atoms with E-state index in [9.17, 15) is 17.6 Å². The van der Waals surface area contributed by atoms with Crippen LogP contribution in [0, 0.1) is 17.3 Å². The molecule has 1 N–H and O–H groups in total. The number of nitrogens with one attached hydrogen (secondary N) is 1. The van der Waals surface area contributed by atoms with Crippen LogP contribution in [0.4, 0.5) is 23.2 Å². The molecule has 1 aliphatic rings. The summed E-state index contributed by atoms with van der Waals surface area (Å²) in [5.41, 5.74) is -0.207. The van der Waals surface area contributed by atoms with Crippen molar-refractivity contribution in [3.63, 3.8) is 0 Å². The van der Waals surface area contributed by atoms with Crippen molar-refractivity contribution in [3.8, 4) is 11.9 Å². The van der Waals surface area contributed by atoms with Crippen molar-refractivity contribution in [3.05, 3.63) is 41.0 Å². The monoisotopic (exact) mass is 397 g/mol. The number of hydrogen-bond acceptors (Lipinski definition) is 4. The lowest BCUT2D eigenvalue weighted by Gasteiger charge is -2.15. The lowest BCUT2D eigenvalue weighted by atomic mass is 9.95. The Balaban J connectivity index is 2.05. The molecule has 1 aromatic heterocycles. The molecule has 0 spiro atoms. The minimum Gasteiger partial charge on any atom is -0.271 e. The Morgan fingerprint density at radius 1 is 1.33 bits per heavy atom. The molecule has 0 radical (unpaired) electrons. The average Bonchev–Trinajstić information content (AvgIpc) is 3.01. The number of alkyl halides is 3. The summed E-state index contributed by atoms with van der Waals surface area (Å²) in [6.07, 6.45) is 0.930. The Hall–Kier alpha value is -2.54. The van der Waals surface area contributed by atoms with Crippen LogP contribution in [0.1, 0.15) is 29.8 Å². The zero-order chi connectivity index (χ0) is 19.6. The number of amidine groups is 1. The summed E-state index contributed by atoms with van der Waals surface area (Å²) in [6.45, 7) is 0. The van der Waals surface area contributed by atoms with Gasteiger partial charge in [-0.05, 0) is 44.1 Å². The van der Waals surface area contributed by atoms with E-state index in [1.54, 1.807) is 12.4 Å². The van der Waals surface area contributed by atoms with E-state index in [4.69, 9.17) is 5.26 Å². The number of fused-ring (bicyclic) bond motifs is 1. The summed E-state index contributed by atoms with van der Waals surface area (Å²) >= 11 is 1.17. The highest BCUT2D eigenvalue weighted by atomic mass is 32.2. The standard InChI is InChI=1S/C17H15F4N5S/c1-27-16(23-9-22)24-10-6-7-14(12(18)8-10)26-13-5-3-2-4-11(13)15(25-26)17(19,20)21/h6-8H,2-5H2,1H3,(H,23,24). The van der Waals surface area contributed by atoms with Gasteiger partial charge in [0.2, 0.25) is 0 Å². The number of hydrogen-bond donors (Lipinski definition) is 1. The Bertz CT molecular complexity index is 927. The number of nitriles is 1. The van der Waals surface area contributed by atoms with E-state index in [0.717, 1.165) is 17.2 Å². The van der Waals surface area contributed by atoms with E-state index < -0.39 is 17.7 Å². The lowest BCUT2D eigenvalue weighted by Crippen LogP contribution is -2.12. The van der Waals surface area contributed by atoms with Crippen molar-refractivity contribution in [2.45, 2.75) is 31.9 Å². The van der Waals surface area contributed by atoms with Crippen molar-refractivity contribution in [1.29, 1.82) is 5.26 Å². The van der Waals surface area contributed by atoms with E-state index >= 15 is 0 Å². The molecule has 1 heterocycles. The summed E-state index contributed by atoms with van der Waals surface area (Å²) in [5.74, 6) is -0.738. The van der Waals surface area contributed by atoms with Crippen molar-refractivity contribution in [2.75, 3.05) is 6.26 Å². The first-order valence-electron chi connectivity index (χ1n) is 8.11. The van der Waals surface area contributed by atoms with Gasteiger partial charge < -0.3 is 0 Å². The maximum atomic E-state index is 14.6. The summed E-state index contributed by atoms with van der Waals surface area (Å²) in [7, 11) is 0. The highest BCUT2D eigenvalue weighted by molar-refractivity contribution is 8.13. The van der Waals surface area contributed by atoms with Crippen molar-refractivity contribution in [1.82, 2.24) is 15.1 Å². The molecule has 0 fully saturated rings. The predicted octanol–water partition coefficient (Wildman–Crippen LogP) is 4.33. The summed E-state index contributed by atoms with van der Waals surface area (Å²) in [4.78, 5) is 4.09. The Morgan fingerprint density at radius 2 is 2.07 bits per heavy atom. The van der Waals surface area contributed by atoms with Crippen LogP contribution in [0.3, 0.4) is 0 Å². The van der Waals surface area contributed by atoms with Crippen molar-refractivity contribution in [2.24, 2.45) is 4.99 Å². The van der Waals surface area contributed by atoms with E-state index in [-0.39, 0.29) is 28.5 Å². The van der Waals surface area contributed by atoms with Crippen LogP contribution >= 0.6 is 11.8 Å². The number of thioether (sulfide) groups is 1. The first kappa shape index (κ1) is 19.2. The third-order valence-electron chi connectivity index (χ3n) is 4.20. The van der Waals surface area contributed by atoms with Gasteiger partial charge in [-0.2, -0.15) is 23.5 Å². The second-order valence-electron chi connectivity index (χ2n) is 5.88. The van der Waals surface area contributed by atoms with E-state index in [2.05, 4.69) is 15.4 Å². The number of benzene rings is 1. The predicted molar refractivity (Wildman–Crippen MR) is 94.5 cm³/mol. The number of nitrogens with zero attached hydrogens (tertiary/aromatic N) is 4. The molecule has 0 saturated carbocycles. The Kier molecular flexibility index (Phi) is 5.41. The molecule has 1 aliphatic carbocycles. The molecule has 10 heteroatoms. The zero-order valence-corrected chi connectivity index (χ0v) is 15.1. The maximum Gasteiger partial charge on any atom is 0.435 e. The molecule has 1 aromatic carbocycles. The van der Waals surface area contributed by atoms with Crippen LogP contribution < -0.4 is 5.32 Å². The Labute approximate surface area is 157 Å². The number of aromatic nitrogens is 2. The van der Waals surface area contributed by atoms with Gasteiger partial charge in [0.25, 0.3) is 0 Å². The van der Waals surface area contributed by atoms with E-state index in [0.29, 0.717) is 18.5 Å². The highest BCUT2D eigenvalue weighted by Gasteiger charge is 2.39. The molecule has 0 bridgehead atoms. The van der Waals surface area contributed by atoms with Crippen LogP contribution in [0.2, 0.25) is 0 Å². The van der Waals surface area contributed by atoms with Crippen LogP contribution in [0.15, 0.2) is 23.2 Å². The van der Waals surface area contributed by atoms with Gasteiger partial charge in [-0.25, -0.2) is 14.1 Å². The molecule has 0 atom stereocenters. The molecule has 5 nitrogen and oxygen atoms in total. The largest absolute Gasteiger partial charge is 0.435 e. The highest BCUT2D eigenvalue weighted by Crippen LogP contribution is 2.37. The fourth-order valence-corrected chi connectivity index (χ4v) is 3.40. The first-order chi connectivity index (χ1) is 12.8. The Morgan fingerprint density at radius 3 is 2.70 bits per heavy atom. The zero-order valence-electron chi connectivity index (χ0n) is 14.3. The quantitative estimate of drug-likeness (QED) is 0.269. The number of halogens is 4. The second kappa shape index (κ2) is 7.60. The van der Waals surface area contributed by atoms with Crippen LogP contribution in [-0.2, 0) is 19.0 Å². The fraction of sp³-hybridized carbons (Fsp3) is 0.353. The smallest absolute Gasteiger partial charge is 0.271 e. The van der Waals surface area contributed by atoms with Gasteiger partial charge in [0.15, 0.2) is 22.9 Å². The summed E-state index contributed by atoms with van der Waals surface area (Å²) in [6, 6.07) is 3.92. The maximum absolute atomic E-state index is 14.6. The van der Waals surface area contributed by atoms with Gasteiger partial charge in [-0.3, -0.25) is 5.32 Å². The number of rotatable bonds is 2.